The molecule has 0 bridgehead atoms. The number of carbonyl (C=O) groups excluding carboxylic acids is 2. The Balaban J connectivity index is 1.90. The summed E-state index contributed by atoms with van der Waals surface area (Å²) >= 11 is 0. The van der Waals surface area contributed by atoms with Gasteiger partial charge in [0.2, 0.25) is 0 Å². The Morgan fingerprint density at radius 3 is 2.39 bits per heavy atom. The molecule has 172 valence electrons. The third-order valence-corrected chi connectivity index (χ3v) is 4.67. The Kier molecular flexibility index (Phi) is 9.26. The van der Waals surface area contributed by atoms with Crippen molar-refractivity contribution in [2.24, 2.45) is 11.0 Å². The monoisotopic (exact) mass is 435 g/mol. The molecule has 0 saturated carbocycles. The number of nitrogens with one attached hydrogen (secondary N) is 1. The first-order valence-corrected chi connectivity index (χ1v) is 10.3. The van der Waals surface area contributed by atoms with Crippen molar-refractivity contribution in [3.05, 3.63) is 35.9 Å². The molecule has 0 spiro atoms. The first-order valence-electron chi connectivity index (χ1n) is 10.3. The van der Waals surface area contributed by atoms with E-state index >= 15 is 0 Å². The van der Waals surface area contributed by atoms with Crippen molar-refractivity contribution < 1.29 is 28.5 Å². The molecule has 1 aromatic rings. The van der Waals surface area contributed by atoms with Crippen LogP contribution in [0.4, 0.5) is 9.59 Å². The number of hydrogen-bond acceptors (Lipinski definition) is 7. The highest BCUT2D eigenvalue weighted by molar-refractivity contribution is 5.90. The van der Waals surface area contributed by atoms with E-state index in [1.807, 2.05) is 30.3 Å². The fraction of sp³-hybridized carbons (Fsp3) is 0.591. The first kappa shape index (κ1) is 24.6. The second-order valence-corrected chi connectivity index (χ2v) is 8.30. The van der Waals surface area contributed by atoms with E-state index in [1.165, 1.54) is 0 Å². The maximum absolute atomic E-state index is 12.3. The molecule has 9 nitrogen and oxygen atoms in total. The van der Waals surface area contributed by atoms with Crippen LogP contribution < -0.4 is 5.43 Å². The highest BCUT2D eigenvalue weighted by atomic mass is 16.7. The highest BCUT2D eigenvalue weighted by Crippen LogP contribution is 2.22. The molecule has 1 heterocycles. The van der Waals surface area contributed by atoms with E-state index < -0.39 is 11.7 Å². The van der Waals surface area contributed by atoms with Gasteiger partial charge < -0.3 is 23.8 Å². The smallest absolute Gasteiger partial charge is 0.428 e. The van der Waals surface area contributed by atoms with Crippen molar-refractivity contribution in [3.63, 3.8) is 0 Å². The van der Waals surface area contributed by atoms with E-state index in [4.69, 9.17) is 18.9 Å². The van der Waals surface area contributed by atoms with Crippen LogP contribution in [0, 0.1) is 5.92 Å². The average Bonchev–Trinajstić information content (AvgIpc) is 2.69. The summed E-state index contributed by atoms with van der Waals surface area (Å²) in [6.07, 6.45) is -0.264. The topological polar surface area (TPSA) is 98.7 Å². The van der Waals surface area contributed by atoms with Gasteiger partial charge in [-0.2, -0.15) is 5.10 Å². The Morgan fingerprint density at radius 2 is 1.81 bits per heavy atom. The molecule has 1 fully saturated rings. The molecule has 0 radical (unpaired) electrons. The molecular formula is C22H33N3O6. The van der Waals surface area contributed by atoms with Crippen molar-refractivity contribution in [1.29, 1.82) is 0 Å². The van der Waals surface area contributed by atoms with E-state index in [1.54, 1.807) is 39.9 Å². The summed E-state index contributed by atoms with van der Waals surface area (Å²) in [5.41, 5.74) is 3.51. The van der Waals surface area contributed by atoms with Crippen LogP contribution in [0.25, 0.3) is 0 Å². The van der Waals surface area contributed by atoms with Crippen LogP contribution in [0.2, 0.25) is 0 Å². The van der Waals surface area contributed by atoms with Crippen LogP contribution in [0.1, 0.15) is 39.2 Å². The summed E-state index contributed by atoms with van der Waals surface area (Å²) in [6.45, 7) is 6.50. The molecule has 2 amide bonds. The minimum absolute atomic E-state index is 0.00794. The second kappa shape index (κ2) is 11.7. The van der Waals surface area contributed by atoms with Crippen LogP contribution >= 0.6 is 0 Å². The van der Waals surface area contributed by atoms with Crippen LogP contribution in [-0.2, 0) is 25.6 Å². The van der Waals surface area contributed by atoms with Gasteiger partial charge in [-0.1, -0.05) is 30.3 Å². The fourth-order valence-corrected chi connectivity index (χ4v) is 3.02. The first-order chi connectivity index (χ1) is 14.7. The second-order valence-electron chi connectivity index (χ2n) is 8.30. The van der Waals surface area contributed by atoms with E-state index in [9.17, 15) is 9.59 Å². The summed E-state index contributed by atoms with van der Waals surface area (Å²) in [5, 5.41) is 4.26. The Hall–Kier alpha value is -2.65. The van der Waals surface area contributed by atoms with Gasteiger partial charge in [0.15, 0.2) is 6.29 Å². The molecule has 1 aliphatic rings. The van der Waals surface area contributed by atoms with Gasteiger partial charge in [0.25, 0.3) is 0 Å². The number of methoxy groups -OCH3 is 2. The maximum Gasteiger partial charge on any atom is 0.428 e. The van der Waals surface area contributed by atoms with Gasteiger partial charge >= 0.3 is 12.2 Å². The lowest BCUT2D eigenvalue weighted by atomic mass is 9.92. The number of benzene rings is 1. The van der Waals surface area contributed by atoms with Gasteiger partial charge in [-0.3, -0.25) is 0 Å². The Morgan fingerprint density at radius 1 is 1.16 bits per heavy atom. The molecule has 0 unspecified atom stereocenters. The minimum atomic E-state index is -0.626. The maximum atomic E-state index is 12.3. The molecule has 1 N–H and O–H groups in total. The van der Waals surface area contributed by atoms with Gasteiger partial charge in [-0.05, 0) is 32.8 Å². The summed E-state index contributed by atoms with van der Waals surface area (Å²) in [5.74, 6) is 0.00794. The summed E-state index contributed by atoms with van der Waals surface area (Å²) in [7, 11) is 3.13. The van der Waals surface area contributed by atoms with E-state index in [-0.39, 0.29) is 24.9 Å². The van der Waals surface area contributed by atoms with Crippen molar-refractivity contribution in [3.8, 4) is 0 Å². The molecular weight excluding hydrogens is 402 g/mol. The lowest BCUT2D eigenvalue weighted by Crippen LogP contribution is -2.53. The van der Waals surface area contributed by atoms with Crippen molar-refractivity contribution in [2.75, 3.05) is 27.3 Å². The average molecular weight is 436 g/mol. The van der Waals surface area contributed by atoms with Gasteiger partial charge in [0.1, 0.15) is 12.2 Å². The minimum Gasteiger partial charge on any atom is -0.445 e. The molecule has 1 aliphatic heterocycles. The predicted molar refractivity (Wildman–Crippen MR) is 116 cm³/mol. The zero-order chi connectivity index (χ0) is 22.9. The highest BCUT2D eigenvalue weighted by Gasteiger charge is 2.35. The summed E-state index contributed by atoms with van der Waals surface area (Å²) < 4.78 is 21.1. The zero-order valence-corrected chi connectivity index (χ0v) is 18.9. The van der Waals surface area contributed by atoms with E-state index in [0.29, 0.717) is 25.9 Å². The van der Waals surface area contributed by atoms with E-state index in [2.05, 4.69) is 10.5 Å². The van der Waals surface area contributed by atoms with Crippen LogP contribution in [-0.4, -0.2) is 62.0 Å². The molecule has 9 heteroatoms. The number of ether oxygens (including phenoxy) is 4. The van der Waals surface area contributed by atoms with Gasteiger partial charge in [-0.15, -0.1) is 0 Å². The number of carbonyl (C=O) groups is 2. The van der Waals surface area contributed by atoms with Gasteiger partial charge in [-0.25, -0.2) is 15.0 Å². The normalized spacial score (nSPS) is 14.9. The molecule has 0 aromatic heterocycles. The third kappa shape index (κ3) is 8.55. The van der Waals surface area contributed by atoms with Crippen LogP contribution in [0.15, 0.2) is 35.4 Å². The number of amides is 2. The van der Waals surface area contributed by atoms with Crippen molar-refractivity contribution in [1.82, 2.24) is 10.3 Å². The molecule has 0 atom stereocenters. The largest absolute Gasteiger partial charge is 0.445 e. The van der Waals surface area contributed by atoms with Crippen molar-refractivity contribution in [2.45, 2.75) is 52.1 Å². The third-order valence-electron chi connectivity index (χ3n) is 4.67. The summed E-state index contributed by atoms with van der Waals surface area (Å²) in [4.78, 5) is 25.9. The number of hydrazone groups is 1. The quantitative estimate of drug-likeness (QED) is 0.362. The molecule has 1 aromatic carbocycles. The molecule has 31 heavy (non-hydrogen) atoms. The molecule has 2 rings (SSSR count). The molecule has 1 saturated heterocycles. The lowest BCUT2D eigenvalue weighted by molar-refractivity contribution is -0.105. The summed E-state index contributed by atoms with van der Waals surface area (Å²) in [6, 6.07) is 9.52. The predicted octanol–water partition coefficient (Wildman–Crippen LogP) is 3.53. The number of nitrogens with zero attached hydrogens (tertiary/aromatic N) is 2. The number of likely N-dealkylation sites (tertiary alicyclic amines) is 1. The van der Waals surface area contributed by atoms with E-state index in [0.717, 1.165) is 11.3 Å². The van der Waals surface area contributed by atoms with Crippen molar-refractivity contribution >= 4 is 17.9 Å². The number of rotatable bonds is 9. The molecule has 0 aliphatic carbocycles. The number of hydrogen-bond donors (Lipinski definition) is 1. The van der Waals surface area contributed by atoms with Gasteiger partial charge in [0, 0.05) is 45.4 Å². The zero-order valence-electron chi connectivity index (χ0n) is 18.9. The van der Waals surface area contributed by atoms with Crippen LogP contribution in [0.5, 0.6) is 0 Å². The fourth-order valence-electron chi connectivity index (χ4n) is 3.02. The van der Waals surface area contributed by atoms with Gasteiger partial charge in [0.05, 0.1) is 0 Å². The standard InChI is InChI=1S/C22H33N3O6/c1-22(2,3)31-20(26)24-23-18(11-12-19(28-4)29-5)17-13-25(14-17)21(27)30-15-16-9-7-6-8-10-16/h6-10,17,19H,11-15H2,1-5H3,(H,24,26)/b23-18+. The Labute approximate surface area is 183 Å². The SMILES string of the molecule is COC(CC/C(=N\NC(=O)OC(C)(C)C)C1CN(C(=O)OCc2ccccc2)C1)OC. The van der Waals surface area contributed by atoms with Crippen LogP contribution in [0.3, 0.4) is 0 Å². The Bertz CT molecular complexity index is 737. The lowest BCUT2D eigenvalue weighted by Gasteiger charge is -2.39.